The maximum atomic E-state index is 12.0. The van der Waals surface area contributed by atoms with Gasteiger partial charge in [0.15, 0.2) is 0 Å². The number of amides is 2. The van der Waals surface area contributed by atoms with Crippen molar-refractivity contribution in [2.45, 2.75) is 20.3 Å². The Kier molecular flexibility index (Phi) is 5.80. The fourth-order valence-electron chi connectivity index (χ4n) is 1.98. The van der Waals surface area contributed by atoms with Gasteiger partial charge >= 0.3 is 0 Å². The second-order valence-electron chi connectivity index (χ2n) is 5.20. The van der Waals surface area contributed by atoms with Gasteiger partial charge in [-0.15, -0.1) is 0 Å². The van der Waals surface area contributed by atoms with E-state index in [0.717, 1.165) is 15.6 Å². The maximum absolute atomic E-state index is 12.0. The zero-order valence-electron chi connectivity index (χ0n) is 12.7. The quantitative estimate of drug-likeness (QED) is 0.738. The lowest BCUT2D eigenvalue weighted by Gasteiger charge is -2.09. The third kappa shape index (κ3) is 5.08. The van der Waals surface area contributed by atoms with Crippen LogP contribution in [-0.4, -0.2) is 11.8 Å². The van der Waals surface area contributed by atoms with E-state index in [2.05, 4.69) is 26.6 Å². The van der Waals surface area contributed by atoms with Crippen LogP contribution in [0.1, 0.15) is 17.5 Å². The molecule has 0 atom stereocenters. The van der Waals surface area contributed by atoms with Crippen LogP contribution < -0.4 is 10.6 Å². The van der Waals surface area contributed by atoms with Crippen molar-refractivity contribution in [1.82, 2.24) is 0 Å². The van der Waals surface area contributed by atoms with E-state index in [4.69, 9.17) is 11.6 Å². The minimum atomic E-state index is -0.391. The molecule has 0 fully saturated rings. The number of carbonyl (C=O) groups excluding carboxylic acids is 2. The predicted molar refractivity (Wildman–Crippen MR) is 96.9 cm³/mol. The molecule has 4 nitrogen and oxygen atoms in total. The first-order valence-corrected chi connectivity index (χ1v) is 8.14. The van der Waals surface area contributed by atoms with Gasteiger partial charge in [-0.1, -0.05) is 33.6 Å². The highest BCUT2D eigenvalue weighted by atomic mass is 79.9. The molecule has 2 amide bonds. The largest absolute Gasteiger partial charge is 0.326 e. The summed E-state index contributed by atoms with van der Waals surface area (Å²) in [7, 11) is 0. The molecule has 0 radical (unpaired) electrons. The van der Waals surface area contributed by atoms with Gasteiger partial charge < -0.3 is 10.6 Å². The Hall–Kier alpha value is -1.85. The number of anilines is 2. The zero-order chi connectivity index (χ0) is 17.0. The number of hydrogen-bond acceptors (Lipinski definition) is 2. The highest BCUT2D eigenvalue weighted by Gasteiger charge is 2.11. The van der Waals surface area contributed by atoms with Crippen LogP contribution in [0.25, 0.3) is 0 Å². The van der Waals surface area contributed by atoms with Crippen LogP contribution in [0.5, 0.6) is 0 Å². The normalized spacial score (nSPS) is 10.3. The lowest BCUT2D eigenvalue weighted by Crippen LogP contribution is -2.21. The van der Waals surface area contributed by atoms with Crippen LogP contribution in [0.2, 0.25) is 5.02 Å². The summed E-state index contributed by atoms with van der Waals surface area (Å²) in [5.74, 6) is -0.761. The summed E-state index contributed by atoms with van der Waals surface area (Å²) in [6.45, 7) is 3.76. The van der Waals surface area contributed by atoms with Gasteiger partial charge in [-0.25, -0.2) is 0 Å². The van der Waals surface area contributed by atoms with Crippen molar-refractivity contribution in [3.05, 3.63) is 57.0 Å². The minimum absolute atomic E-state index is 0.263. The summed E-state index contributed by atoms with van der Waals surface area (Å²) in [6, 6.07) is 10.7. The molecule has 0 unspecified atom stereocenters. The lowest BCUT2D eigenvalue weighted by atomic mass is 10.2. The van der Waals surface area contributed by atoms with Crippen molar-refractivity contribution in [3.8, 4) is 0 Å². The van der Waals surface area contributed by atoms with Gasteiger partial charge in [-0.3, -0.25) is 9.59 Å². The average Bonchev–Trinajstić information content (AvgIpc) is 2.46. The second kappa shape index (κ2) is 7.62. The van der Waals surface area contributed by atoms with Crippen molar-refractivity contribution >= 4 is 50.7 Å². The van der Waals surface area contributed by atoms with Gasteiger partial charge in [0, 0.05) is 20.9 Å². The van der Waals surface area contributed by atoms with Crippen LogP contribution in [0.3, 0.4) is 0 Å². The number of aryl methyl sites for hydroxylation is 2. The van der Waals surface area contributed by atoms with E-state index in [9.17, 15) is 9.59 Å². The molecule has 23 heavy (non-hydrogen) atoms. The zero-order valence-corrected chi connectivity index (χ0v) is 15.1. The molecule has 0 bridgehead atoms. The fourth-order valence-corrected chi connectivity index (χ4v) is 2.64. The van der Waals surface area contributed by atoms with Crippen LogP contribution in [0.4, 0.5) is 11.4 Å². The molecule has 2 aromatic rings. The topological polar surface area (TPSA) is 58.2 Å². The van der Waals surface area contributed by atoms with Crippen LogP contribution in [0, 0.1) is 13.8 Å². The Labute approximate surface area is 148 Å². The molecule has 2 aromatic carbocycles. The Bertz CT molecular complexity index is 762. The maximum Gasteiger partial charge on any atom is 0.233 e. The standard InChI is InChI=1S/C17H16BrClN2O2/c1-10-3-5-13(8-14(10)19)20-16(22)9-17(23)21-15-6-4-12(18)7-11(15)2/h3-8H,9H2,1-2H3,(H,20,22)(H,21,23). The minimum Gasteiger partial charge on any atom is -0.326 e. The van der Waals surface area contributed by atoms with E-state index in [1.165, 1.54) is 0 Å². The van der Waals surface area contributed by atoms with Gasteiger partial charge in [0.25, 0.3) is 0 Å². The molecule has 0 aliphatic heterocycles. The van der Waals surface area contributed by atoms with Crippen LogP contribution in [-0.2, 0) is 9.59 Å². The van der Waals surface area contributed by atoms with Gasteiger partial charge in [-0.2, -0.15) is 0 Å². The molecular formula is C17H16BrClN2O2. The van der Waals surface area contributed by atoms with E-state index in [0.29, 0.717) is 16.4 Å². The summed E-state index contributed by atoms with van der Waals surface area (Å²) in [4.78, 5) is 23.9. The van der Waals surface area contributed by atoms with E-state index >= 15 is 0 Å². The van der Waals surface area contributed by atoms with Crippen molar-refractivity contribution < 1.29 is 9.59 Å². The summed E-state index contributed by atoms with van der Waals surface area (Å²) < 4.78 is 0.932. The molecule has 2 N–H and O–H groups in total. The Morgan fingerprint density at radius 3 is 2.35 bits per heavy atom. The summed E-state index contributed by atoms with van der Waals surface area (Å²) in [5.41, 5.74) is 3.09. The lowest BCUT2D eigenvalue weighted by molar-refractivity contribution is -0.123. The second-order valence-corrected chi connectivity index (χ2v) is 6.52. The van der Waals surface area contributed by atoms with Crippen molar-refractivity contribution in [2.75, 3.05) is 10.6 Å². The van der Waals surface area contributed by atoms with Crippen LogP contribution >= 0.6 is 27.5 Å². The van der Waals surface area contributed by atoms with E-state index in [1.54, 1.807) is 18.2 Å². The number of carbonyl (C=O) groups is 2. The first-order chi connectivity index (χ1) is 10.8. The van der Waals surface area contributed by atoms with E-state index < -0.39 is 5.91 Å². The molecule has 0 spiro atoms. The summed E-state index contributed by atoms with van der Waals surface area (Å²) in [5, 5.41) is 5.95. The average molecular weight is 396 g/mol. The molecule has 0 saturated carbocycles. The molecule has 0 heterocycles. The Morgan fingerprint density at radius 2 is 1.70 bits per heavy atom. The molecule has 0 aliphatic carbocycles. The monoisotopic (exact) mass is 394 g/mol. The van der Waals surface area contributed by atoms with Gasteiger partial charge in [-0.05, 0) is 55.3 Å². The summed E-state index contributed by atoms with van der Waals surface area (Å²) in [6.07, 6.45) is -0.263. The highest BCUT2D eigenvalue weighted by molar-refractivity contribution is 9.10. The number of hydrogen-bond donors (Lipinski definition) is 2. The Morgan fingerprint density at radius 1 is 1.00 bits per heavy atom. The molecule has 0 saturated heterocycles. The molecular weight excluding hydrogens is 380 g/mol. The molecule has 2 rings (SSSR count). The van der Waals surface area contributed by atoms with Gasteiger partial charge in [0.05, 0.1) is 0 Å². The number of rotatable bonds is 4. The van der Waals surface area contributed by atoms with E-state index in [1.807, 2.05) is 32.0 Å². The highest BCUT2D eigenvalue weighted by Crippen LogP contribution is 2.21. The van der Waals surface area contributed by atoms with E-state index in [-0.39, 0.29) is 12.3 Å². The van der Waals surface area contributed by atoms with Crippen molar-refractivity contribution in [1.29, 1.82) is 0 Å². The number of benzene rings is 2. The Balaban J connectivity index is 1.94. The SMILES string of the molecule is Cc1ccc(NC(=O)CC(=O)Nc2ccc(Br)cc2C)cc1Cl. The number of halogens is 2. The van der Waals surface area contributed by atoms with Crippen LogP contribution in [0.15, 0.2) is 40.9 Å². The molecule has 6 heteroatoms. The van der Waals surface area contributed by atoms with Crippen molar-refractivity contribution in [3.63, 3.8) is 0 Å². The molecule has 120 valence electrons. The van der Waals surface area contributed by atoms with Gasteiger partial charge in [0.1, 0.15) is 6.42 Å². The first kappa shape index (κ1) is 17.5. The molecule has 0 aromatic heterocycles. The summed E-state index contributed by atoms with van der Waals surface area (Å²) >= 11 is 9.37. The smallest absolute Gasteiger partial charge is 0.233 e. The molecule has 0 aliphatic rings. The first-order valence-electron chi connectivity index (χ1n) is 6.97. The fraction of sp³-hybridized carbons (Fsp3) is 0.176. The third-order valence-corrected chi connectivity index (χ3v) is 4.14. The number of nitrogens with one attached hydrogen (secondary N) is 2. The predicted octanol–water partition coefficient (Wildman–Crippen LogP) is 4.69. The van der Waals surface area contributed by atoms with Crippen molar-refractivity contribution in [2.24, 2.45) is 0 Å². The van der Waals surface area contributed by atoms with Gasteiger partial charge in [0.2, 0.25) is 11.8 Å². The third-order valence-electron chi connectivity index (χ3n) is 3.24.